The second-order valence-corrected chi connectivity index (χ2v) is 9.21. The molecular weight excluding hydrogens is 410 g/mol. The minimum absolute atomic E-state index is 0.0778. The van der Waals surface area contributed by atoms with Crippen LogP contribution in [0, 0.1) is 0 Å². The van der Waals surface area contributed by atoms with Gasteiger partial charge >= 0.3 is 5.97 Å². The second-order valence-electron chi connectivity index (χ2n) is 9.21. The molecule has 0 radical (unpaired) electrons. The lowest BCUT2D eigenvalue weighted by molar-refractivity contribution is -0.159. The van der Waals surface area contributed by atoms with E-state index in [0.29, 0.717) is 25.1 Å². The molecule has 3 heterocycles. The average Bonchev–Trinajstić information content (AvgIpc) is 3.27. The number of hydrogen-bond donors (Lipinski definition) is 0. The summed E-state index contributed by atoms with van der Waals surface area (Å²) in [4.78, 5) is 41.3. The van der Waals surface area contributed by atoms with Crippen molar-refractivity contribution in [3.63, 3.8) is 0 Å². The zero-order valence-electron chi connectivity index (χ0n) is 19.6. The smallest absolute Gasteiger partial charge is 0.326 e. The van der Waals surface area contributed by atoms with Gasteiger partial charge in [0.2, 0.25) is 5.91 Å². The lowest BCUT2D eigenvalue weighted by atomic mass is 10.1. The van der Waals surface area contributed by atoms with Gasteiger partial charge in [-0.15, -0.1) is 0 Å². The first-order chi connectivity index (χ1) is 15.1. The molecule has 2 amide bonds. The number of likely N-dealkylation sites (tertiary alicyclic amines) is 1. The molecule has 1 atom stereocenters. The number of carbonyl (C=O) groups is 3. The number of rotatable bonds is 5. The third kappa shape index (κ3) is 5.57. The number of hydrogen-bond acceptors (Lipinski definition) is 5. The summed E-state index contributed by atoms with van der Waals surface area (Å²) in [5.41, 5.74) is -0.0628. The first-order valence-corrected chi connectivity index (χ1v) is 11.0. The van der Waals surface area contributed by atoms with Crippen LogP contribution in [0.1, 0.15) is 57.3 Å². The Labute approximate surface area is 188 Å². The molecule has 174 valence electrons. The van der Waals surface area contributed by atoms with Crippen molar-refractivity contribution < 1.29 is 19.1 Å². The Morgan fingerprint density at radius 3 is 2.47 bits per heavy atom. The number of aryl methyl sites for hydroxylation is 1. The predicted molar refractivity (Wildman–Crippen MR) is 119 cm³/mol. The van der Waals surface area contributed by atoms with Gasteiger partial charge in [0, 0.05) is 45.5 Å². The van der Waals surface area contributed by atoms with Crippen LogP contribution in [-0.4, -0.2) is 73.2 Å². The molecule has 1 saturated heterocycles. The molecule has 1 aliphatic heterocycles. The maximum atomic E-state index is 13.3. The molecule has 0 bridgehead atoms. The summed E-state index contributed by atoms with van der Waals surface area (Å²) in [5.74, 6) is 0.0550. The molecule has 2 aromatic rings. The quantitative estimate of drug-likeness (QED) is 0.662. The molecule has 0 unspecified atom stereocenters. The van der Waals surface area contributed by atoms with E-state index >= 15 is 0 Å². The van der Waals surface area contributed by atoms with Crippen LogP contribution in [0.4, 0.5) is 0 Å². The van der Waals surface area contributed by atoms with Crippen LogP contribution in [0.15, 0.2) is 30.7 Å². The molecule has 3 rings (SSSR count). The van der Waals surface area contributed by atoms with E-state index in [1.807, 2.05) is 41.0 Å². The van der Waals surface area contributed by atoms with Crippen LogP contribution < -0.4 is 0 Å². The zero-order chi connectivity index (χ0) is 23.5. The normalized spacial score (nSPS) is 17.0. The molecule has 1 aliphatic rings. The third-order valence-electron chi connectivity index (χ3n) is 5.54. The summed E-state index contributed by atoms with van der Waals surface area (Å²) < 4.78 is 8.96. The highest BCUT2D eigenvalue weighted by Gasteiger charge is 2.30. The summed E-state index contributed by atoms with van der Waals surface area (Å²) in [6.07, 6.45) is 7.44. The topological polar surface area (TPSA) is 89.7 Å². The van der Waals surface area contributed by atoms with Crippen molar-refractivity contribution in [2.45, 2.75) is 58.6 Å². The van der Waals surface area contributed by atoms with Gasteiger partial charge in [0.05, 0.1) is 6.20 Å². The molecule has 1 fully saturated rings. The number of carbonyl (C=O) groups excluding carboxylic acids is 3. The lowest BCUT2D eigenvalue weighted by Crippen LogP contribution is -2.44. The fourth-order valence-electron chi connectivity index (χ4n) is 4.14. The van der Waals surface area contributed by atoms with Gasteiger partial charge in [-0.1, -0.05) is 0 Å². The van der Waals surface area contributed by atoms with Gasteiger partial charge in [-0.2, -0.15) is 5.10 Å². The van der Waals surface area contributed by atoms with E-state index < -0.39 is 11.6 Å². The highest BCUT2D eigenvalue weighted by atomic mass is 16.6. The van der Waals surface area contributed by atoms with Crippen LogP contribution in [-0.2, 0) is 21.4 Å². The van der Waals surface area contributed by atoms with Crippen molar-refractivity contribution in [3.8, 4) is 5.82 Å². The molecule has 0 spiro atoms. The fraction of sp³-hybridized carbons (Fsp3) is 0.565. The summed E-state index contributed by atoms with van der Waals surface area (Å²) >= 11 is 0. The van der Waals surface area contributed by atoms with E-state index in [2.05, 4.69) is 5.10 Å². The SMILES string of the molecule is CC(=O)N(CC(=O)OC(C)(C)C)[C@@H]1CCCN(C(=O)c2cnn(C)c2-n2cccc2)CC1. The summed E-state index contributed by atoms with van der Waals surface area (Å²) in [7, 11) is 1.81. The molecular formula is C23H33N5O4. The van der Waals surface area contributed by atoms with Crippen molar-refractivity contribution in [2.24, 2.45) is 7.05 Å². The summed E-state index contributed by atoms with van der Waals surface area (Å²) in [6, 6.07) is 3.69. The Bertz CT molecular complexity index is 958. The van der Waals surface area contributed by atoms with Gasteiger partial charge in [-0.3, -0.25) is 19.1 Å². The van der Waals surface area contributed by atoms with Gasteiger partial charge in [0.25, 0.3) is 5.91 Å². The molecule has 9 nitrogen and oxygen atoms in total. The Kier molecular flexibility index (Phi) is 7.06. The van der Waals surface area contributed by atoms with Gasteiger partial charge in [0.15, 0.2) is 0 Å². The first-order valence-electron chi connectivity index (χ1n) is 11.0. The van der Waals surface area contributed by atoms with Gasteiger partial charge in [-0.25, -0.2) is 0 Å². The highest BCUT2D eigenvalue weighted by molar-refractivity contribution is 5.97. The minimum Gasteiger partial charge on any atom is -0.459 e. The molecule has 0 aliphatic carbocycles. The fourth-order valence-corrected chi connectivity index (χ4v) is 4.14. The van der Waals surface area contributed by atoms with Crippen molar-refractivity contribution in [1.29, 1.82) is 0 Å². The van der Waals surface area contributed by atoms with Crippen LogP contribution >= 0.6 is 0 Å². The number of aromatic nitrogens is 3. The van der Waals surface area contributed by atoms with E-state index in [4.69, 9.17) is 4.74 Å². The number of amides is 2. The van der Waals surface area contributed by atoms with E-state index in [-0.39, 0.29) is 24.4 Å². The number of nitrogens with zero attached hydrogens (tertiary/aromatic N) is 5. The van der Waals surface area contributed by atoms with Crippen LogP contribution in [0.2, 0.25) is 0 Å². The molecule has 0 N–H and O–H groups in total. The lowest BCUT2D eigenvalue weighted by Gasteiger charge is -2.31. The van der Waals surface area contributed by atoms with Gasteiger partial charge in [-0.05, 0) is 52.2 Å². The Morgan fingerprint density at radius 2 is 1.84 bits per heavy atom. The third-order valence-corrected chi connectivity index (χ3v) is 5.54. The number of ether oxygens (including phenoxy) is 1. The van der Waals surface area contributed by atoms with Crippen molar-refractivity contribution in [1.82, 2.24) is 24.1 Å². The molecule has 0 aromatic carbocycles. The Hall–Kier alpha value is -3.10. The second kappa shape index (κ2) is 9.58. The monoisotopic (exact) mass is 443 g/mol. The Morgan fingerprint density at radius 1 is 1.16 bits per heavy atom. The van der Waals surface area contributed by atoms with E-state index in [0.717, 1.165) is 18.7 Å². The first kappa shape index (κ1) is 23.6. The standard InChI is InChI=1S/C23H33N5O4/c1-17(29)28(16-20(30)32-23(2,3)4)18-9-8-13-27(14-10-18)22(31)19-15-24-25(5)21(19)26-11-6-7-12-26/h6-7,11-12,15,18H,8-10,13-14,16H2,1-5H3/t18-/m1/s1. The largest absolute Gasteiger partial charge is 0.459 e. The molecule has 32 heavy (non-hydrogen) atoms. The maximum Gasteiger partial charge on any atom is 0.326 e. The van der Waals surface area contributed by atoms with Crippen LogP contribution in [0.25, 0.3) is 5.82 Å². The van der Waals surface area contributed by atoms with Gasteiger partial charge < -0.3 is 19.1 Å². The van der Waals surface area contributed by atoms with E-state index in [1.54, 1.807) is 36.5 Å². The van der Waals surface area contributed by atoms with Gasteiger partial charge in [0.1, 0.15) is 23.5 Å². The van der Waals surface area contributed by atoms with E-state index in [9.17, 15) is 14.4 Å². The van der Waals surface area contributed by atoms with Crippen molar-refractivity contribution >= 4 is 17.8 Å². The molecule has 9 heteroatoms. The van der Waals surface area contributed by atoms with Crippen LogP contribution in [0.3, 0.4) is 0 Å². The summed E-state index contributed by atoms with van der Waals surface area (Å²) in [6.45, 7) is 7.90. The predicted octanol–water partition coefficient (Wildman–Crippen LogP) is 2.40. The van der Waals surface area contributed by atoms with Crippen molar-refractivity contribution in [2.75, 3.05) is 19.6 Å². The van der Waals surface area contributed by atoms with Crippen molar-refractivity contribution in [3.05, 3.63) is 36.3 Å². The Balaban J connectivity index is 1.70. The molecule has 0 saturated carbocycles. The minimum atomic E-state index is -0.604. The summed E-state index contributed by atoms with van der Waals surface area (Å²) in [5, 5.41) is 4.28. The van der Waals surface area contributed by atoms with E-state index in [1.165, 1.54) is 6.92 Å². The highest BCUT2D eigenvalue weighted by Crippen LogP contribution is 2.22. The zero-order valence-corrected chi connectivity index (χ0v) is 19.6. The average molecular weight is 444 g/mol. The maximum absolute atomic E-state index is 13.3. The van der Waals surface area contributed by atoms with Crippen LogP contribution in [0.5, 0.6) is 0 Å². The molecule has 2 aromatic heterocycles. The number of esters is 1.